The molecule has 5 heteroatoms. The normalized spacial score (nSPS) is 15.5. The highest BCUT2D eigenvalue weighted by Gasteiger charge is 2.29. The molecule has 0 aliphatic carbocycles. The van der Waals surface area contributed by atoms with Crippen LogP contribution in [0.5, 0.6) is 5.75 Å². The molecule has 1 heterocycles. The molecule has 0 saturated carbocycles. The van der Waals surface area contributed by atoms with Crippen LogP contribution in [0.3, 0.4) is 0 Å². The minimum absolute atomic E-state index is 0.136. The van der Waals surface area contributed by atoms with Crippen LogP contribution in [0.25, 0.3) is 0 Å². The first-order chi connectivity index (χ1) is 16.7. The Hall–Kier alpha value is -3.70. The summed E-state index contributed by atoms with van der Waals surface area (Å²) >= 11 is 3.55. The van der Waals surface area contributed by atoms with Crippen molar-refractivity contribution in [3.8, 4) is 5.75 Å². The van der Waals surface area contributed by atoms with Gasteiger partial charge < -0.3 is 4.74 Å². The molecule has 0 spiro atoms. The van der Waals surface area contributed by atoms with Crippen molar-refractivity contribution < 1.29 is 4.74 Å². The van der Waals surface area contributed by atoms with Gasteiger partial charge in [-0.15, -0.1) is 0 Å². The van der Waals surface area contributed by atoms with Crippen molar-refractivity contribution in [2.45, 2.75) is 12.5 Å². The Morgan fingerprint density at radius 1 is 0.912 bits per heavy atom. The van der Waals surface area contributed by atoms with Crippen LogP contribution in [0.2, 0.25) is 0 Å². The molecule has 1 aliphatic rings. The SMILES string of the molecule is COc1ccc(C=Nc2cccc(C3=NN(c4ccccc4)[C@@H](c4ccc(Br)cc4)C3)c2)cc1. The second-order valence-electron chi connectivity index (χ2n) is 8.08. The third-order valence-electron chi connectivity index (χ3n) is 5.84. The maximum atomic E-state index is 5.23. The highest BCUT2D eigenvalue weighted by Crippen LogP contribution is 2.37. The first-order valence-electron chi connectivity index (χ1n) is 11.2. The second kappa shape index (κ2) is 10.1. The molecule has 0 N–H and O–H groups in total. The number of benzene rings is 4. The number of nitrogens with zero attached hydrogens (tertiary/aromatic N) is 3. The van der Waals surface area contributed by atoms with Gasteiger partial charge in [-0.2, -0.15) is 5.10 Å². The minimum atomic E-state index is 0.136. The van der Waals surface area contributed by atoms with E-state index in [0.717, 1.165) is 44.9 Å². The topological polar surface area (TPSA) is 37.2 Å². The summed E-state index contributed by atoms with van der Waals surface area (Å²) in [6.07, 6.45) is 2.69. The van der Waals surface area contributed by atoms with Crippen LogP contribution in [-0.4, -0.2) is 19.0 Å². The summed E-state index contributed by atoms with van der Waals surface area (Å²) in [6.45, 7) is 0. The highest BCUT2D eigenvalue weighted by molar-refractivity contribution is 9.10. The fourth-order valence-corrected chi connectivity index (χ4v) is 4.32. The number of hydrogen-bond donors (Lipinski definition) is 0. The molecule has 0 aromatic heterocycles. The molecule has 0 bridgehead atoms. The van der Waals surface area contributed by atoms with Crippen molar-refractivity contribution in [3.05, 3.63) is 124 Å². The fraction of sp³-hybridized carbons (Fsp3) is 0.103. The van der Waals surface area contributed by atoms with Crippen molar-refractivity contribution in [2.75, 3.05) is 12.1 Å². The Bertz CT molecular complexity index is 1320. The molecule has 1 atom stereocenters. The quantitative estimate of drug-likeness (QED) is 0.251. The summed E-state index contributed by atoms with van der Waals surface area (Å²) in [5.74, 6) is 0.835. The standard InChI is InChI=1S/C29H24BrN3O/c1-34-27-16-10-21(11-17-27)20-31-25-7-5-6-23(18-25)28-19-29(22-12-14-24(30)15-13-22)33(32-28)26-8-3-2-4-9-26/h2-18,20,29H,19H2,1H3/t29-/m1/s1. The fourth-order valence-electron chi connectivity index (χ4n) is 4.05. The highest BCUT2D eigenvalue weighted by atomic mass is 79.9. The zero-order valence-electron chi connectivity index (χ0n) is 18.8. The predicted molar refractivity (Wildman–Crippen MR) is 144 cm³/mol. The lowest BCUT2D eigenvalue weighted by Gasteiger charge is -2.24. The van der Waals surface area contributed by atoms with Gasteiger partial charge in [-0.25, -0.2) is 0 Å². The number of ether oxygens (including phenoxy) is 1. The average molecular weight is 510 g/mol. The van der Waals surface area contributed by atoms with E-state index in [0.29, 0.717) is 0 Å². The van der Waals surface area contributed by atoms with Crippen LogP contribution < -0.4 is 9.75 Å². The first-order valence-corrected chi connectivity index (χ1v) is 11.9. The van der Waals surface area contributed by atoms with Crippen LogP contribution in [0.15, 0.2) is 118 Å². The summed E-state index contributed by atoms with van der Waals surface area (Å²) < 4.78 is 6.30. The van der Waals surface area contributed by atoms with Crippen LogP contribution in [0.4, 0.5) is 11.4 Å². The number of hydrazone groups is 1. The number of hydrogen-bond acceptors (Lipinski definition) is 4. The molecule has 34 heavy (non-hydrogen) atoms. The second-order valence-corrected chi connectivity index (χ2v) is 9.00. The molecule has 0 fully saturated rings. The molecule has 168 valence electrons. The summed E-state index contributed by atoms with van der Waals surface area (Å²) in [7, 11) is 1.67. The molecule has 0 unspecified atom stereocenters. The monoisotopic (exact) mass is 509 g/mol. The van der Waals surface area contributed by atoms with Crippen molar-refractivity contribution in [2.24, 2.45) is 10.1 Å². The molecular weight excluding hydrogens is 486 g/mol. The van der Waals surface area contributed by atoms with Crippen molar-refractivity contribution in [3.63, 3.8) is 0 Å². The van der Waals surface area contributed by atoms with Gasteiger partial charge in [0, 0.05) is 17.1 Å². The molecule has 0 radical (unpaired) electrons. The maximum Gasteiger partial charge on any atom is 0.118 e. The lowest BCUT2D eigenvalue weighted by atomic mass is 9.98. The molecule has 0 amide bonds. The lowest BCUT2D eigenvalue weighted by Crippen LogP contribution is -2.18. The van der Waals surface area contributed by atoms with E-state index in [1.807, 2.05) is 48.7 Å². The Labute approximate surface area is 208 Å². The third kappa shape index (κ3) is 4.95. The number of halogens is 1. The molecule has 4 aromatic carbocycles. The van der Waals surface area contributed by atoms with Crippen LogP contribution in [-0.2, 0) is 0 Å². The van der Waals surface area contributed by atoms with Gasteiger partial charge >= 0.3 is 0 Å². The number of aliphatic imine (C=N–C) groups is 1. The van der Waals surface area contributed by atoms with E-state index in [4.69, 9.17) is 9.84 Å². The molecule has 0 saturated heterocycles. The van der Waals surface area contributed by atoms with E-state index < -0.39 is 0 Å². The zero-order chi connectivity index (χ0) is 23.3. The predicted octanol–water partition coefficient (Wildman–Crippen LogP) is 7.56. The van der Waals surface area contributed by atoms with E-state index in [1.165, 1.54) is 5.56 Å². The number of methoxy groups -OCH3 is 1. The molecule has 5 rings (SSSR count). The van der Waals surface area contributed by atoms with Crippen LogP contribution in [0, 0.1) is 0 Å². The zero-order valence-corrected chi connectivity index (χ0v) is 20.4. The van der Waals surface area contributed by atoms with Crippen LogP contribution in [0.1, 0.15) is 29.2 Å². The summed E-state index contributed by atoms with van der Waals surface area (Å²) in [5.41, 5.74) is 6.38. The molecule has 1 aliphatic heterocycles. The maximum absolute atomic E-state index is 5.23. The van der Waals surface area contributed by atoms with Gasteiger partial charge in [-0.3, -0.25) is 10.0 Å². The molecule has 4 aromatic rings. The van der Waals surface area contributed by atoms with Crippen molar-refractivity contribution >= 4 is 39.2 Å². The van der Waals surface area contributed by atoms with E-state index in [9.17, 15) is 0 Å². The van der Waals surface area contributed by atoms with Crippen molar-refractivity contribution in [1.82, 2.24) is 0 Å². The summed E-state index contributed by atoms with van der Waals surface area (Å²) in [6, 6.07) is 35.1. The summed E-state index contributed by atoms with van der Waals surface area (Å²) in [4.78, 5) is 4.69. The van der Waals surface area contributed by atoms with E-state index in [-0.39, 0.29) is 6.04 Å². The number of anilines is 1. The largest absolute Gasteiger partial charge is 0.497 e. The van der Waals surface area contributed by atoms with Crippen LogP contribution >= 0.6 is 15.9 Å². The van der Waals surface area contributed by atoms with Gasteiger partial charge in [0.05, 0.1) is 30.2 Å². The van der Waals surface area contributed by atoms with Gasteiger partial charge in [-0.05, 0) is 77.4 Å². The van der Waals surface area contributed by atoms with E-state index >= 15 is 0 Å². The summed E-state index contributed by atoms with van der Waals surface area (Å²) in [5, 5.41) is 7.19. The lowest BCUT2D eigenvalue weighted by molar-refractivity contribution is 0.415. The minimum Gasteiger partial charge on any atom is -0.497 e. The third-order valence-corrected chi connectivity index (χ3v) is 6.37. The Kier molecular flexibility index (Phi) is 6.54. The number of rotatable bonds is 6. The molecular formula is C29H24BrN3O. The molecule has 4 nitrogen and oxygen atoms in total. The van der Waals surface area contributed by atoms with Crippen molar-refractivity contribution in [1.29, 1.82) is 0 Å². The van der Waals surface area contributed by atoms with Gasteiger partial charge in [0.25, 0.3) is 0 Å². The number of para-hydroxylation sites is 1. The first kappa shape index (κ1) is 22.1. The average Bonchev–Trinajstić information content (AvgIpc) is 3.34. The Balaban J connectivity index is 1.43. The Morgan fingerprint density at radius 2 is 1.68 bits per heavy atom. The smallest absolute Gasteiger partial charge is 0.118 e. The van der Waals surface area contributed by atoms with Gasteiger partial charge in [0.1, 0.15) is 5.75 Å². The Morgan fingerprint density at radius 3 is 2.41 bits per heavy atom. The van der Waals surface area contributed by atoms with Gasteiger partial charge in [0.2, 0.25) is 0 Å². The van der Waals surface area contributed by atoms with E-state index in [1.54, 1.807) is 7.11 Å². The van der Waals surface area contributed by atoms with Gasteiger partial charge in [0.15, 0.2) is 0 Å². The van der Waals surface area contributed by atoms with Gasteiger partial charge in [-0.1, -0.05) is 58.4 Å². The van der Waals surface area contributed by atoms with E-state index in [2.05, 4.69) is 86.6 Å².